The number of amides is 1. The lowest BCUT2D eigenvalue weighted by molar-refractivity contribution is -0.116. The third-order valence-corrected chi connectivity index (χ3v) is 7.30. The lowest BCUT2D eigenvalue weighted by Gasteiger charge is -2.54. The summed E-state index contributed by atoms with van der Waals surface area (Å²) in [5.74, 6) is 4.30. The first-order chi connectivity index (χ1) is 12.2. The van der Waals surface area contributed by atoms with Crippen LogP contribution in [-0.2, 0) is 11.3 Å². The zero-order valence-electron chi connectivity index (χ0n) is 14.0. The fourth-order valence-corrected chi connectivity index (χ4v) is 6.69. The van der Waals surface area contributed by atoms with E-state index < -0.39 is 0 Å². The molecule has 0 unspecified atom stereocenters. The van der Waals surface area contributed by atoms with Gasteiger partial charge in [0.15, 0.2) is 5.13 Å². The molecule has 0 atom stereocenters. The number of hydrogen-bond donors (Lipinski definition) is 1. The standard InChI is InChI=1S/C17H22N6OS/c24-15(1-2-23-9-19-21-22-23)20-17-18-8-14(25-17)16-12-4-10-3-11(6-12)7-13(16)5-10/h8-13,16H,1-7H2,(H,18,20,24). The molecule has 0 aromatic carbocycles. The smallest absolute Gasteiger partial charge is 0.228 e. The maximum atomic E-state index is 12.1. The molecule has 2 aromatic heterocycles. The molecule has 1 N–H and O–H groups in total. The molecule has 8 heteroatoms. The molecule has 4 fully saturated rings. The number of aryl methyl sites for hydroxylation is 1. The second kappa shape index (κ2) is 6.16. The number of thiazole rings is 1. The molecule has 0 saturated heterocycles. The highest BCUT2D eigenvalue weighted by atomic mass is 32.1. The zero-order chi connectivity index (χ0) is 16.8. The van der Waals surface area contributed by atoms with Crippen molar-refractivity contribution in [2.75, 3.05) is 5.32 Å². The van der Waals surface area contributed by atoms with Crippen LogP contribution in [0.5, 0.6) is 0 Å². The van der Waals surface area contributed by atoms with Crippen LogP contribution in [0.1, 0.15) is 49.3 Å². The Morgan fingerprint density at radius 3 is 2.64 bits per heavy atom. The molecule has 4 bridgehead atoms. The van der Waals surface area contributed by atoms with Crippen molar-refractivity contribution >= 4 is 22.4 Å². The van der Waals surface area contributed by atoms with Crippen LogP contribution in [0.15, 0.2) is 12.5 Å². The topological polar surface area (TPSA) is 85.6 Å². The number of carbonyl (C=O) groups excluding carboxylic acids is 1. The van der Waals surface area contributed by atoms with E-state index >= 15 is 0 Å². The molecule has 4 aliphatic rings. The molecule has 6 rings (SSSR count). The Kier molecular flexibility index (Phi) is 3.80. The maximum Gasteiger partial charge on any atom is 0.228 e. The molecule has 7 nitrogen and oxygen atoms in total. The molecule has 1 amide bonds. The third kappa shape index (κ3) is 2.96. The second-order valence-electron chi connectivity index (χ2n) is 7.90. The van der Waals surface area contributed by atoms with Gasteiger partial charge in [0.2, 0.25) is 5.91 Å². The number of tetrazole rings is 1. The molecule has 4 aliphatic carbocycles. The molecule has 4 saturated carbocycles. The number of anilines is 1. The summed E-state index contributed by atoms with van der Waals surface area (Å²) in [6.45, 7) is 0.479. The van der Waals surface area contributed by atoms with Gasteiger partial charge in [0.25, 0.3) is 0 Å². The second-order valence-corrected chi connectivity index (χ2v) is 8.96. The van der Waals surface area contributed by atoms with Crippen molar-refractivity contribution in [2.24, 2.45) is 23.7 Å². The van der Waals surface area contributed by atoms with Gasteiger partial charge in [0, 0.05) is 23.4 Å². The van der Waals surface area contributed by atoms with Crippen molar-refractivity contribution in [3.8, 4) is 0 Å². The highest BCUT2D eigenvalue weighted by Gasteiger charge is 2.49. The van der Waals surface area contributed by atoms with E-state index in [0.717, 1.165) is 28.8 Å². The quantitative estimate of drug-likeness (QED) is 0.888. The van der Waals surface area contributed by atoms with Crippen molar-refractivity contribution in [2.45, 2.75) is 51.0 Å². The zero-order valence-corrected chi connectivity index (χ0v) is 14.9. The van der Waals surface area contributed by atoms with Crippen molar-refractivity contribution in [1.29, 1.82) is 0 Å². The van der Waals surface area contributed by atoms with E-state index in [1.807, 2.05) is 6.20 Å². The highest BCUT2D eigenvalue weighted by molar-refractivity contribution is 7.15. The van der Waals surface area contributed by atoms with Crippen LogP contribution in [0.25, 0.3) is 0 Å². The van der Waals surface area contributed by atoms with Crippen LogP contribution >= 0.6 is 11.3 Å². The number of rotatable bonds is 5. The monoisotopic (exact) mass is 358 g/mol. The van der Waals surface area contributed by atoms with Gasteiger partial charge in [-0.05, 0) is 66.2 Å². The summed E-state index contributed by atoms with van der Waals surface area (Å²) in [7, 11) is 0. The van der Waals surface area contributed by atoms with Crippen LogP contribution in [0.2, 0.25) is 0 Å². The molecule has 2 heterocycles. The van der Waals surface area contributed by atoms with Crippen molar-refractivity contribution < 1.29 is 4.79 Å². The molecule has 132 valence electrons. The van der Waals surface area contributed by atoms with Gasteiger partial charge in [-0.25, -0.2) is 9.67 Å². The van der Waals surface area contributed by atoms with Gasteiger partial charge in [0.05, 0.1) is 6.54 Å². The van der Waals surface area contributed by atoms with E-state index in [4.69, 9.17) is 0 Å². The van der Waals surface area contributed by atoms with E-state index in [2.05, 4.69) is 25.8 Å². The van der Waals surface area contributed by atoms with Gasteiger partial charge < -0.3 is 5.32 Å². The van der Waals surface area contributed by atoms with E-state index in [-0.39, 0.29) is 5.91 Å². The first-order valence-electron chi connectivity index (χ1n) is 9.21. The Bertz CT molecular complexity index is 729. The summed E-state index contributed by atoms with van der Waals surface area (Å²) in [4.78, 5) is 18.0. The van der Waals surface area contributed by atoms with Crippen LogP contribution in [0.3, 0.4) is 0 Å². The molecule has 0 aliphatic heterocycles. The number of carbonyl (C=O) groups is 1. The number of hydrogen-bond acceptors (Lipinski definition) is 6. The predicted molar refractivity (Wildman–Crippen MR) is 93.0 cm³/mol. The van der Waals surface area contributed by atoms with Crippen LogP contribution in [-0.4, -0.2) is 31.1 Å². The van der Waals surface area contributed by atoms with E-state index in [0.29, 0.717) is 18.9 Å². The average Bonchev–Trinajstić information content (AvgIpc) is 3.24. The lowest BCUT2D eigenvalue weighted by Crippen LogP contribution is -2.43. The summed E-state index contributed by atoms with van der Waals surface area (Å²) in [6.07, 6.45) is 11.0. The van der Waals surface area contributed by atoms with Crippen molar-refractivity contribution in [1.82, 2.24) is 25.2 Å². The average molecular weight is 358 g/mol. The fraction of sp³-hybridized carbons (Fsp3) is 0.706. The molecule has 2 aromatic rings. The lowest BCUT2D eigenvalue weighted by atomic mass is 9.52. The van der Waals surface area contributed by atoms with Gasteiger partial charge in [-0.3, -0.25) is 4.79 Å². The predicted octanol–water partition coefficient (Wildman–Crippen LogP) is 2.70. The summed E-state index contributed by atoms with van der Waals surface area (Å²) >= 11 is 1.67. The van der Waals surface area contributed by atoms with E-state index in [1.54, 1.807) is 16.0 Å². The Hall–Kier alpha value is -1.83. The van der Waals surface area contributed by atoms with Gasteiger partial charge in [-0.15, -0.1) is 16.4 Å². The summed E-state index contributed by atoms with van der Waals surface area (Å²) in [6, 6.07) is 0. The first-order valence-corrected chi connectivity index (χ1v) is 10.0. The minimum Gasteiger partial charge on any atom is -0.302 e. The van der Waals surface area contributed by atoms with Gasteiger partial charge in [0.1, 0.15) is 6.33 Å². The van der Waals surface area contributed by atoms with Crippen LogP contribution < -0.4 is 5.32 Å². The van der Waals surface area contributed by atoms with Crippen molar-refractivity contribution in [3.63, 3.8) is 0 Å². The summed E-state index contributed by atoms with van der Waals surface area (Å²) in [5, 5.41) is 14.6. The SMILES string of the molecule is O=C(CCn1cnnn1)Nc1ncc(C2C3CC4CC(C3)CC2C4)s1. The molecule has 0 spiro atoms. The molecule has 25 heavy (non-hydrogen) atoms. The largest absolute Gasteiger partial charge is 0.302 e. The maximum absolute atomic E-state index is 12.1. The third-order valence-electron chi connectivity index (χ3n) is 6.28. The minimum atomic E-state index is -0.0403. The Balaban J connectivity index is 1.22. The van der Waals surface area contributed by atoms with Crippen LogP contribution in [0.4, 0.5) is 5.13 Å². The van der Waals surface area contributed by atoms with E-state index in [9.17, 15) is 4.79 Å². The highest BCUT2D eigenvalue weighted by Crippen LogP contribution is 2.60. The van der Waals surface area contributed by atoms with E-state index in [1.165, 1.54) is 43.3 Å². The number of aromatic nitrogens is 5. The van der Waals surface area contributed by atoms with Gasteiger partial charge in [-0.2, -0.15) is 0 Å². The van der Waals surface area contributed by atoms with Crippen molar-refractivity contribution in [3.05, 3.63) is 17.4 Å². The number of nitrogens with one attached hydrogen (secondary N) is 1. The summed E-state index contributed by atoms with van der Waals surface area (Å²) < 4.78 is 1.56. The van der Waals surface area contributed by atoms with Gasteiger partial charge >= 0.3 is 0 Å². The summed E-state index contributed by atoms with van der Waals surface area (Å²) in [5.41, 5.74) is 0. The Labute approximate surface area is 150 Å². The molecular formula is C17H22N6OS. The van der Waals surface area contributed by atoms with Crippen LogP contribution in [0, 0.1) is 23.7 Å². The Morgan fingerprint density at radius 2 is 1.96 bits per heavy atom. The molecule has 0 radical (unpaired) electrons. The fourth-order valence-electron chi connectivity index (χ4n) is 5.57. The minimum absolute atomic E-state index is 0.0403. The first kappa shape index (κ1) is 15.4. The Morgan fingerprint density at radius 1 is 1.20 bits per heavy atom. The number of nitrogens with zero attached hydrogens (tertiary/aromatic N) is 5. The van der Waals surface area contributed by atoms with Gasteiger partial charge in [-0.1, -0.05) is 0 Å². The molecular weight excluding hydrogens is 336 g/mol. The normalized spacial score (nSPS) is 32.9.